The molecule has 0 saturated heterocycles. The SMILES string of the molecule is CP(=O)([O-])OCC(N)=O. The number of rotatable bonds is 3. The van der Waals surface area contributed by atoms with Crippen LogP contribution in [0.15, 0.2) is 0 Å². The molecule has 9 heavy (non-hydrogen) atoms. The predicted molar refractivity (Wildman–Crippen MR) is 28.7 cm³/mol. The highest BCUT2D eigenvalue weighted by Gasteiger charge is 2.00. The van der Waals surface area contributed by atoms with Gasteiger partial charge in [-0.05, 0) is 0 Å². The zero-order valence-corrected chi connectivity index (χ0v) is 5.76. The zero-order chi connectivity index (χ0) is 7.49. The molecular weight excluding hydrogens is 145 g/mol. The van der Waals surface area contributed by atoms with Gasteiger partial charge in [-0.2, -0.15) is 0 Å². The Morgan fingerprint density at radius 2 is 2.33 bits per heavy atom. The summed E-state index contributed by atoms with van der Waals surface area (Å²) in [7, 11) is -3.77. The van der Waals surface area contributed by atoms with Crippen LogP contribution in [0, 0.1) is 0 Å². The lowest BCUT2D eigenvalue weighted by molar-refractivity contribution is -0.196. The quantitative estimate of drug-likeness (QED) is 0.507. The molecule has 0 aliphatic rings. The van der Waals surface area contributed by atoms with Gasteiger partial charge in [0.05, 0.1) is 0 Å². The largest absolute Gasteiger partial charge is 0.779 e. The molecule has 0 rings (SSSR count). The average molecular weight is 152 g/mol. The van der Waals surface area contributed by atoms with E-state index in [4.69, 9.17) is 0 Å². The van der Waals surface area contributed by atoms with Gasteiger partial charge in [0.25, 0.3) is 0 Å². The van der Waals surface area contributed by atoms with Crippen molar-refractivity contribution in [3.63, 3.8) is 0 Å². The minimum Gasteiger partial charge on any atom is -0.779 e. The zero-order valence-electron chi connectivity index (χ0n) is 4.86. The minimum absolute atomic E-state index is 0.572. The third-order valence-corrected chi connectivity index (χ3v) is 1.04. The van der Waals surface area contributed by atoms with Crippen LogP contribution in [0.1, 0.15) is 0 Å². The number of amides is 1. The molecule has 1 amide bonds. The van der Waals surface area contributed by atoms with Gasteiger partial charge >= 0.3 is 0 Å². The highest BCUT2D eigenvalue weighted by atomic mass is 31.2. The second kappa shape index (κ2) is 2.96. The van der Waals surface area contributed by atoms with E-state index in [9.17, 15) is 14.3 Å². The van der Waals surface area contributed by atoms with Gasteiger partial charge in [0.2, 0.25) is 5.91 Å². The Morgan fingerprint density at radius 3 is 2.44 bits per heavy atom. The topological polar surface area (TPSA) is 92.4 Å². The van der Waals surface area contributed by atoms with Crippen molar-refractivity contribution in [1.82, 2.24) is 0 Å². The summed E-state index contributed by atoms with van der Waals surface area (Å²) in [4.78, 5) is 20.0. The molecule has 0 spiro atoms. The molecule has 2 N–H and O–H groups in total. The first-order valence-corrected chi connectivity index (χ1v) is 4.12. The van der Waals surface area contributed by atoms with E-state index in [-0.39, 0.29) is 0 Å². The van der Waals surface area contributed by atoms with Gasteiger partial charge in [-0.25, -0.2) is 0 Å². The number of hydrogen-bond donors (Lipinski definition) is 1. The van der Waals surface area contributed by atoms with E-state index in [1.54, 1.807) is 0 Å². The van der Waals surface area contributed by atoms with Crippen LogP contribution in [0.2, 0.25) is 0 Å². The lowest BCUT2D eigenvalue weighted by Gasteiger charge is -2.15. The van der Waals surface area contributed by atoms with E-state index in [2.05, 4.69) is 10.3 Å². The summed E-state index contributed by atoms with van der Waals surface area (Å²) in [5.74, 6) is -0.798. The van der Waals surface area contributed by atoms with Crippen molar-refractivity contribution in [3.05, 3.63) is 0 Å². The van der Waals surface area contributed by atoms with E-state index in [1.807, 2.05) is 0 Å². The Hall–Kier alpha value is -0.380. The molecule has 6 heteroatoms. The second-order valence-electron chi connectivity index (χ2n) is 1.51. The minimum atomic E-state index is -3.77. The van der Waals surface area contributed by atoms with E-state index in [0.717, 1.165) is 6.66 Å². The molecule has 0 aromatic carbocycles. The highest BCUT2D eigenvalue weighted by Crippen LogP contribution is 2.30. The molecule has 0 fully saturated rings. The maximum Gasteiger partial charge on any atom is 0.243 e. The monoisotopic (exact) mass is 152 g/mol. The smallest absolute Gasteiger partial charge is 0.243 e. The Bertz CT molecular complexity index is 150. The molecule has 0 heterocycles. The van der Waals surface area contributed by atoms with Gasteiger partial charge in [-0.3, -0.25) is 4.79 Å². The number of carbonyl (C=O) groups excluding carboxylic acids is 1. The Labute approximate surface area is 52.3 Å². The molecule has 1 unspecified atom stereocenters. The van der Waals surface area contributed by atoms with Gasteiger partial charge < -0.3 is 19.7 Å². The maximum atomic E-state index is 10.1. The number of hydrogen-bond acceptors (Lipinski definition) is 4. The van der Waals surface area contributed by atoms with Gasteiger partial charge in [0.1, 0.15) is 14.2 Å². The molecule has 0 bridgehead atoms. The van der Waals surface area contributed by atoms with Crippen LogP contribution in [0.4, 0.5) is 0 Å². The van der Waals surface area contributed by atoms with Crippen LogP contribution < -0.4 is 10.6 Å². The molecule has 0 aliphatic carbocycles. The van der Waals surface area contributed by atoms with Crippen LogP contribution in [-0.4, -0.2) is 19.2 Å². The van der Waals surface area contributed by atoms with Crippen molar-refractivity contribution in [2.75, 3.05) is 13.3 Å². The van der Waals surface area contributed by atoms with Crippen molar-refractivity contribution in [3.8, 4) is 0 Å². The summed E-state index contributed by atoms with van der Waals surface area (Å²) in [5.41, 5.74) is 4.58. The Kier molecular flexibility index (Phi) is 2.84. The Balaban J connectivity index is 3.53. The summed E-state index contributed by atoms with van der Waals surface area (Å²) < 4.78 is 14.1. The molecular formula is C3H7NO4P-. The summed E-state index contributed by atoms with van der Waals surface area (Å²) in [5, 5.41) is 0. The maximum absolute atomic E-state index is 10.1. The summed E-state index contributed by atoms with van der Waals surface area (Å²) in [6, 6.07) is 0. The highest BCUT2D eigenvalue weighted by molar-refractivity contribution is 7.50. The normalized spacial score (nSPS) is 16.7. The first-order chi connectivity index (χ1) is 3.92. The molecule has 0 aliphatic heterocycles. The molecule has 0 saturated carbocycles. The first-order valence-electron chi connectivity index (χ1n) is 2.13. The summed E-state index contributed by atoms with van der Waals surface area (Å²) in [6.07, 6.45) is 0. The van der Waals surface area contributed by atoms with E-state index in [1.165, 1.54) is 0 Å². The van der Waals surface area contributed by atoms with E-state index >= 15 is 0 Å². The summed E-state index contributed by atoms with van der Waals surface area (Å²) >= 11 is 0. The van der Waals surface area contributed by atoms with Crippen molar-refractivity contribution in [2.24, 2.45) is 5.73 Å². The predicted octanol–water partition coefficient (Wildman–Crippen LogP) is -1.33. The van der Waals surface area contributed by atoms with Crippen LogP contribution in [0.3, 0.4) is 0 Å². The van der Waals surface area contributed by atoms with E-state index in [0.29, 0.717) is 0 Å². The van der Waals surface area contributed by atoms with Crippen molar-refractivity contribution >= 4 is 13.5 Å². The molecule has 0 radical (unpaired) electrons. The standard InChI is InChI=1S/C3H8NO4P/c1-9(6,7)8-2-3(4)5/h2H2,1H3,(H2,4,5)(H,6,7)/p-1. The van der Waals surface area contributed by atoms with Gasteiger partial charge in [-0.15, -0.1) is 0 Å². The lowest BCUT2D eigenvalue weighted by Crippen LogP contribution is -2.19. The van der Waals surface area contributed by atoms with Crippen LogP contribution in [0.5, 0.6) is 0 Å². The van der Waals surface area contributed by atoms with Crippen molar-refractivity contribution in [2.45, 2.75) is 0 Å². The number of primary amides is 1. The molecule has 0 aromatic rings. The second-order valence-corrected chi connectivity index (χ2v) is 3.31. The molecule has 1 atom stereocenters. The van der Waals surface area contributed by atoms with Crippen LogP contribution in [-0.2, 0) is 13.9 Å². The fourth-order valence-corrected chi connectivity index (χ4v) is 0.543. The molecule has 54 valence electrons. The van der Waals surface area contributed by atoms with Crippen molar-refractivity contribution in [1.29, 1.82) is 0 Å². The number of carbonyl (C=O) groups is 1. The third kappa shape index (κ3) is 7.62. The van der Waals surface area contributed by atoms with E-state index < -0.39 is 20.1 Å². The average Bonchev–Trinajstić information content (AvgIpc) is 1.59. The fourth-order valence-electron chi connectivity index (χ4n) is 0.181. The van der Waals surface area contributed by atoms with Crippen LogP contribution >= 0.6 is 7.60 Å². The fraction of sp³-hybridized carbons (Fsp3) is 0.667. The summed E-state index contributed by atoms with van der Waals surface area (Å²) in [6.45, 7) is 0.299. The van der Waals surface area contributed by atoms with Gasteiger partial charge in [0.15, 0.2) is 0 Å². The number of nitrogens with two attached hydrogens (primary N) is 1. The molecule has 0 aromatic heterocycles. The van der Waals surface area contributed by atoms with Crippen molar-refractivity contribution < 1.29 is 18.8 Å². The lowest BCUT2D eigenvalue weighted by atomic mass is 10.7. The van der Waals surface area contributed by atoms with Crippen LogP contribution in [0.25, 0.3) is 0 Å². The third-order valence-electron chi connectivity index (χ3n) is 0.441. The van der Waals surface area contributed by atoms with Gasteiger partial charge in [0, 0.05) is 6.66 Å². The van der Waals surface area contributed by atoms with Gasteiger partial charge in [-0.1, -0.05) is 0 Å². The molecule has 5 nitrogen and oxygen atoms in total. The Morgan fingerprint density at radius 1 is 1.89 bits per heavy atom. The first kappa shape index (κ1) is 8.62.